The van der Waals surface area contributed by atoms with Gasteiger partial charge in [0, 0.05) is 23.6 Å². The number of likely N-dealkylation sites (tertiary alicyclic amines) is 1. The molecule has 2 unspecified atom stereocenters. The summed E-state index contributed by atoms with van der Waals surface area (Å²) in [5, 5.41) is 0. The molecule has 2 aromatic carbocycles. The molecule has 1 fully saturated rings. The number of carbonyl (C=O) groups is 1. The average molecular weight is 377 g/mol. The SMILES string of the molecule is CC12CCN(C(=O)c3ccc4nc[nH]c4c3)C(Cc3ccc(F)cc31)C2(C)C. The third-order valence-corrected chi connectivity index (χ3v) is 7.49. The number of fused-ring (bicyclic) bond motifs is 5. The van der Waals surface area contributed by atoms with Crippen LogP contribution >= 0.6 is 0 Å². The molecule has 5 heteroatoms. The minimum absolute atomic E-state index is 0.0576. The Hall–Kier alpha value is -2.69. The summed E-state index contributed by atoms with van der Waals surface area (Å²) in [6.07, 6.45) is 3.23. The fourth-order valence-electron chi connectivity index (χ4n) is 5.35. The van der Waals surface area contributed by atoms with Gasteiger partial charge in [-0.1, -0.05) is 26.8 Å². The minimum atomic E-state index is -0.180. The number of nitrogens with one attached hydrogen (secondary N) is 1. The van der Waals surface area contributed by atoms with E-state index in [9.17, 15) is 9.18 Å². The van der Waals surface area contributed by atoms with Gasteiger partial charge in [-0.05, 0) is 59.7 Å². The molecule has 1 aromatic heterocycles. The fraction of sp³-hybridized carbons (Fsp3) is 0.391. The molecule has 144 valence electrons. The molecule has 4 nitrogen and oxygen atoms in total. The topological polar surface area (TPSA) is 49.0 Å². The Labute approximate surface area is 163 Å². The average Bonchev–Trinajstić information content (AvgIpc) is 3.13. The van der Waals surface area contributed by atoms with Crippen LogP contribution in [0.2, 0.25) is 0 Å². The minimum Gasteiger partial charge on any atom is -0.345 e. The summed E-state index contributed by atoms with van der Waals surface area (Å²) in [4.78, 5) is 22.8. The highest BCUT2D eigenvalue weighted by atomic mass is 19.1. The van der Waals surface area contributed by atoms with Crippen molar-refractivity contribution in [1.82, 2.24) is 14.9 Å². The number of halogens is 1. The molecule has 28 heavy (non-hydrogen) atoms. The number of carbonyl (C=O) groups excluding carboxylic acids is 1. The summed E-state index contributed by atoms with van der Waals surface area (Å²) in [6.45, 7) is 7.36. The van der Waals surface area contributed by atoms with E-state index in [2.05, 4.69) is 30.7 Å². The van der Waals surface area contributed by atoms with Gasteiger partial charge in [0.05, 0.1) is 17.4 Å². The molecular weight excluding hydrogens is 353 g/mol. The molecule has 2 bridgehead atoms. The number of H-pyrrole nitrogens is 1. The molecule has 2 atom stereocenters. The van der Waals surface area contributed by atoms with E-state index < -0.39 is 0 Å². The number of nitrogens with zero attached hydrogens (tertiary/aromatic N) is 2. The van der Waals surface area contributed by atoms with Gasteiger partial charge < -0.3 is 9.88 Å². The number of benzene rings is 2. The predicted molar refractivity (Wildman–Crippen MR) is 107 cm³/mol. The molecule has 1 amide bonds. The zero-order chi connectivity index (χ0) is 19.7. The summed E-state index contributed by atoms with van der Waals surface area (Å²) in [5.74, 6) is -0.122. The molecule has 1 aliphatic carbocycles. The first-order valence-electron chi connectivity index (χ1n) is 9.84. The summed E-state index contributed by atoms with van der Waals surface area (Å²) in [6, 6.07) is 10.9. The molecule has 3 aromatic rings. The smallest absolute Gasteiger partial charge is 0.254 e. The Morgan fingerprint density at radius 1 is 1.21 bits per heavy atom. The van der Waals surface area contributed by atoms with E-state index >= 15 is 0 Å². The van der Waals surface area contributed by atoms with Crippen molar-refractivity contribution >= 4 is 16.9 Å². The molecule has 5 rings (SSSR count). The third-order valence-electron chi connectivity index (χ3n) is 7.49. The van der Waals surface area contributed by atoms with Gasteiger partial charge in [0.2, 0.25) is 0 Å². The molecular formula is C23H24FN3O. The zero-order valence-electron chi connectivity index (χ0n) is 16.4. The van der Waals surface area contributed by atoms with E-state index in [1.165, 1.54) is 6.07 Å². The van der Waals surface area contributed by atoms with Gasteiger partial charge in [0.25, 0.3) is 5.91 Å². The fourth-order valence-corrected chi connectivity index (χ4v) is 5.35. The summed E-state index contributed by atoms with van der Waals surface area (Å²) >= 11 is 0. The normalized spacial score (nSPS) is 25.6. The van der Waals surface area contributed by atoms with Gasteiger partial charge in [-0.25, -0.2) is 9.37 Å². The number of hydrogen-bond donors (Lipinski definition) is 1. The van der Waals surface area contributed by atoms with Crippen molar-refractivity contribution < 1.29 is 9.18 Å². The standard InChI is InChI=1S/C23H24FN3O/c1-22(2)20-11-14-4-6-16(24)12-17(14)23(22,3)8-9-27(20)21(28)15-5-7-18-19(10-15)26-13-25-18/h4-7,10,12-13,20H,8-9,11H2,1-3H3,(H,25,26). The molecule has 0 saturated carbocycles. The number of amides is 1. The van der Waals surface area contributed by atoms with E-state index in [0.29, 0.717) is 12.1 Å². The summed E-state index contributed by atoms with van der Waals surface area (Å²) < 4.78 is 14.0. The first kappa shape index (κ1) is 17.4. The lowest BCUT2D eigenvalue weighted by Crippen LogP contribution is -2.64. The Bertz CT molecular complexity index is 1100. The monoisotopic (exact) mass is 377 g/mol. The molecule has 2 heterocycles. The molecule has 2 aliphatic rings. The maximum absolute atomic E-state index is 14.0. The molecule has 1 aliphatic heterocycles. The Balaban J connectivity index is 1.57. The van der Waals surface area contributed by atoms with Gasteiger partial charge in [-0.2, -0.15) is 0 Å². The first-order valence-corrected chi connectivity index (χ1v) is 9.84. The summed E-state index contributed by atoms with van der Waals surface area (Å²) in [7, 11) is 0. The number of imidazole rings is 1. The van der Waals surface area contributed by atoms with Crippen LogP contribution in [0, 0.1) is 11.2 Å². The quantitative estimate of drug-likeness (QED) is 0.681. The van der Waals surface area contributed by atoms with Crippen molar-refractivity contribution in [3.05, 3.63) is 65.2 Å². The van der Waals surface area contributed by atoms with Crippen LogP contribution in [0.15, 0.2) is 42.7 Å². The van der Waals surface area contributed by atoms with E-state index in [4.69, 9.17) is 0 Å². The van der Waals surface area contributed by atoms with Crippen LogP contribution in [-0.2, 0) is 11.8 Å². The Morgan fingerprint density at radius 3 is 2.86 bits per heavy atom. The second-order valence-corrected chi connectivity index (χ2v) is 8.96. The number of aromatic amines is 1. The van der Waals surface area contributed by atoms with Crippen LogP contribution in [-0.4, -0.2) is 33.4 Å². The highest BCUT2D eigenvalue weighted by Crippen LogP contribution is 2.56. The van der Waals surface area contributed by atoms with Gasteiger partial charge >= 0.3 is 0 Å². The largest absolute Gasteiger partial charge is 0.345 e. The van der Waals surface area contributed by atoms with Crippen molar-refractivity contribution in [2.75, 3.05) is 6.54 Å². The van der Waals surface area contributed by atoms with Crippen LogP contribution in [0.3, 0.4) is 0 Å². The maximum atomic E-state index is 14.0. The van der Waals surface area contributed by atoms with E-state index in [-0.39, 0.29) is 28.6 Å². The number of aromatic nitrogens is 2. The van der Waals surface area contributed by atoms with Crippen molar-refractivity contribution in [1.29, 1.82) is 0 Å². The van der Waals surface area contributed by atoms with Gasteiger partial charge in [-0.15, -0.1) is 0 Å². The lowest BCUT2D eigenvalue weighted by atomic mass is 9.51. The highest BCUT2D eigenvalue weighted by molar-refractivity contribution is 5.97. The van der Waals surface area contributed by atoms with Crippen LogP contribution in [0.5, 0.6) is 0 Å². The second kappa shape index (κ2) is 5.66. The Kier molecular flexibility index (Phi) is 3.52. The van der Waals surface area contributed by atoms with E-state index in [0.717, 1.165) is 35.0 Å². The van der Waals surface area contributed by atoms with Crippen LogP contribution in [0.1, 0.15) is 48.7 Å². The van der Waals surface area contributed by atoms with Gasteiger partial charge in [-0.3, -0.25) is 4.79 Å². The van der Waals surface area contributed by atoms with Crippen molar-refractivity contribution in [3.63, 3.8) is 0 Å². The predicted octanol–water partition coefficient (Wildman–Crippen LogP) is 4.46. The number of piperidine rings is 1. The van der Waals surface area contributed by atoms with E-state index in [1.807, 2.05) is 29.2 Å². The zero-order valence-corrected chi connectivity index (χ0v) is 16.4. The highest BCUT2D eigenvalue weighted by Gasteiger charge is 2.56. The van der Waals surface area contributed by atoms with Crippen molar-refractivity contribution in [3.8, 4) is 0 Å². The van der Waals surface area contributed by atoms with E-state index in [1.54, 1.807) is 12.4 Å². The van der Waals surface area contributed by atoms with Crippen LogP contribution < -0.4 is 0 Å². The molecule has 1 N–H and O–H groups in total. The lowest BCUT2D eigenvalue weighted by molar-refractivity contribution is -0.0263. The number of rotatable bonds is 1. The van der Waals surface area contributed by atoms with Gasteiger partial charge in [0.1, 0.15) is 5.82 Å². The first-order chi connectivity index (χ1) is 13.3. The van der Waals surface area contributed by atoms with Crippen molar-refractivity contribution in [2.24, 2.45) is 5.41 Å². The van der Waals surface area contributed by atoms with Crippen LogP contribution in [0.25, 0.3) is 11.0 Å². The second-order valence-electron chi connectivity index (χ2n) is 8.96. The lowest BCUT2D eigenvalue weighted by Gasteiger charge is -2.60. The maximum Gasteiger partial charge on any atom is 0.254 e. The van der Waals surface area contributed by atoms with Crippen molar-refractivity contribution in [2.45, 2.75) is 45.1 Å². The molecule has 0 radical (unpaired) electrons. The third kappa shape index (κ3) is 2.22. The molecule has 1 saturated heterocycles. The number of hydrogen-bond acceptors (Lipinski definition) is 2. The van der Waals surface area contributed by atoms with Gasteiger partial charge in [0.15, 0.2) is 0 Å². The summed E-state index contributed by atoms with van der Waals surface area (Å²) in [5.41, 5.74) is 4.38. The van der Waals surface area contributed by atoms with Crippen LogP contribution in [0.4, 0.5) is 4.39 Å². The Morgan fingerprint density at radius 2 is 2.04 bits per heavy atom. The molecule has 0 spiro atoms.